The zero-order valence-corrected chi connectivity index (χ0v) is 13.1. The van der Waals surface area contributed by atoms with Gasteiger partial charge in [-0.05, 0) is 30.7 Å². The minimum Gasteiger partial charge on any atom is -0.458 e. The van der Waals surface area contributed by atoms with E-state index < -0.39 is 0 Å². The summed E-state index contributed by atoms with van der Waals surface area (Å²) in [6.07, 6.45) is 2.37. The molecule has 0 atom stereocenters. The van der Waals surface area contributed by atoms with E-state index in [-0.39, 0.29) is 5.95 Å². The third-order valence-corrected chi connectivity index (χ3v) is 3.86. The molecule has 0 spiro atoms. The number of hydrogen-bond acceptors (Lipinski definition) is 6. The van der Waals surface area contributed by atoms with Gasteiger partial charge in [0.2, 0.25) is 11.8 Å². The maximum atomic E-state index is 6.04. The summed E-state index contributed by atoms with van der Waals surface area (Å²) in [7, 11) is 0. The van der Waals surface area contributed by atoms with Crippen molar-refractivity contribution in [3.63, 3.8) is 0 Å². The molecule has 1 aromatic carbocycles. The molecule has 0 amide bonds. The van der Waals surface area contributed by atoms with Crippen LogP contribution in [0.3, 0.4) is 0 Å². The number of aromatic nitrogens is 4. The zero-order valence-electron chi connectivity index (χ0n) is 13.1. The van der Waals surface area contributed by atoms with Crippen LogP contribution in [0, 0.1) is 6.92 Å². The van der Waals surface area contributed by atoms with Crippen molar-refractivity contribution < 1.29 is 4.42 Å². The van der Waals surface area contributed by atoms with Crippen LogP contribution >= 0.6 is 0 Å². The second-order valence-corrected chi connectivity index (χ2v) is 5.60. The van der Waals surface area contributed by atoms with Crippen molar-refractivity contribution in [1.82, 2.24) is 19.6 Å². The smallest absolute Gasteiger partial charge is 0.224 e. The van der Waals surface area contributed by atoms with E-state index in [2.05, 4.69) is 15.1 Å². The lowest BCUT2D eigenvalue weighted by molar-refractivity contribution is 0.541. The number of nitrogens with two attached hydrogens (primary N) is 2. The Kier molecular flexibility index (Phi) is 3.19. The van der Waals surface area contributed by atoms with Crippen LogP contribution in [0.2, 0.25) is 0 Å². The molecule has 4 rings (SSSR count). The van der Waals surface area contributed by atoms with Crippen LogP contribution in [0.1, 0.15) is 16.9 Å². The van der Waals surface area contributed by atoms with Crippen molar-refractivity contribution in [1.29, 1.82) is 0 Å². The number of nitrogens with zero attached hydrogens (tertiary/aromatic N) is 4. The minimum atomic E-state index is 0.175. The molecule has 4 aromatic rings. The van der Waals surface area contributed by atoms with Crippen molar-refractivity contribution >= 4 is 17.3 Å². The number of aryl methyl sites for hydroxylation is 1. The first-order chi connectivity index (χ1) is 11.6. The van der Waals surface area contributed by atoms with Gasteiger partial charge in [0, 0.05) is 17.7 Å². The molecule has 0 saturated carbocycles. The Labute approximate surface area is 137 Å². The van der Waals surface area contributed by atoms with Crippen LogP contribution in [-0.4, -0.2) is 19.6 Å². The summed E-state index contributed by atoms with van der Waals surface area (Å²) in [5.74, 6) is 2.09. The van der Waals surface area contributed by atoms with Gasteiger partial charge in [0.05, 0.1) is 6.20 Å². The Hall–Kier alpha value is -3.35. The fraction of sp³-hybridized carbons (Fsp3) is 0.118. The molecule has 4 N–H and O–H groups in total. The van der Waals surface area contributed by atoms with E-state index in [0.29, 0.717) is 23.7 Å². The highest BCUT2D eigenvalue weighted by Gasteiger charge is 2.16. The number of nitrogen functional groups attached to an aromatic ring is 2. The Bertz CT molecular complexity index is 1030. The highest BCUT2D eigenvalue weighted by molar-refractivity contribution is 5.60. The molecule has 7 nitrogen and oxygen atoms in total. The molecule has 0 unspecified atom stereocenters. The van der Waals surface area contributed by atoms with E-state index in [9.17, 15) is 0 Å². The fourth-order valence-electron chi connectivity index (χ4n) is 2.68. The molecule has 0 aliphatic rings. The summed E-state index contributed by atoms with van der Waals surface area (Å²) in [6.45, 7) is 1.87. The molecule has 0 radical (unpaired) electrons. The predicted molar refractivity (Wildman–Crippen MR) is 91.3 cm³/mol. The van der Waals surface area contributed by atoms with Crippen LogP contribution < -0.4 is 11.5 Å². The average molecular weight is 320 g/mol. The zero-order chi connectivity index (χ0) is 16.7. The first-order valence-corrected chi connectivity index (χ1v) is 7.52. The summed E-state index contributed by atoms with van der Waals surface area (Å²) in [6, 6.07) is 11.4. The lowest BCUT2D eigenvalue weighted by Gasteiger charge is -2.05. The second kappa shape index (κ2) is 5.38. The predicted octanol–water partition coefficient (Wildman–Crippen LogP) is 2.45. The molecule has 0 saturated heterocycles. The highest BCUT2D eigenvalue weighted by Crippen LogP contribution is 2.24. The molecule has 7 heteroatoms. The molecule has 24 heavy (non-hydrogen) atoms. The van der Waals surface area contributed by atoms with E-state index in [4.69, 9.17) is 15.9 Å². The largest absolute Gasteiger partial charge is 0.458 e. The van der Waals surface area contributed by atoms with Crippen LogP contribution in [0.4, 0.5) is 11.6 Å². The summed E-state index contributed by atoms with van der Waals surface area (Å²) in [4.78, 5) is 8.61. The molecule has 0 bridgehead atoms. The van der Waals surface area contributed by atoms with Crippen LogP contribution in [0.25, 0.3) is 17.2 Å². The van der Waals surface area contributed by atoms with Crippen molar-refractivity contribution in [2.45, 2.75) is 13.3 Å². The Morgan fingerprint density at radius 1 is 1.04 bits per heavy atom. The Morgan fingerprint density at radius 3 is 2.62 bits per heavy atom. The van der Waals surface area contributed by atoms with Gasteiger partial charge in [-0.1, -0.05) is 18.2 Å². The highest BCUT2D eigenvalue weighted by atomic mass is 16.3. The maximum absolute atomic E-state index is 6.04. The Morgan fingerprint density at radius 2 is 1.88 bits per heavy atom. The van der Waals surface area contributed by atoms with Gasteiger partial charge in [-0.15, -0.1) is 0 Å². The first kappa shape index (κ1) is 14.3. The normalized spacial score (nSPS) is 11.2. The second-order valence-electron chi connectivity index (χ2n) is 5.60. The summed E-state index contributed by atoms with van der Waals surface area (Å²) in [5, 5.41) is 4.41. The molecular formula is C17H16N6O. The van der Waals surface area contributed by atoms with Crippen molar-refractivity contribution in [2.75, 3.05) is 11.5 Å². The van der Waals surface area contributed by atoms with E-state index in [1.54, 1.807) is 10.7 Å². The van der Waals surface area contributed by atoms with Crippen molar-refractivity contribution in [3.8, 4) is 11.6 Å². The van der Waals surface area contributed by atoms with Gasteiger partial charge >= 0.3 is 0 Å². The fourth-order valence-corrected chi connectivity index (χ4v) is 2.68. The van der Waals surface area contributed by atoms with Crippen LogP contribution in [0.5, 0.6) is 0 Å². The van der Waals surface area contributed by atoms with Crippen LogP contribution in [0.15, 0.2) is 47.0 Å². The van der Waals surface area contributed by atoms with E-state index in [1.807, 2.05) is 43.3 Å². The lowest BCUT2D eigenvalue weighted by atomic mass is 10.1. The number of furan rings is 1. The molecular weight excluding hydrogens is 304 g/mol. The van der Waals surface area contributed by atoms with E-state index in [1.165, 1.54) is 0 Å². The quantitative estimate of drug-likeness (QED) is 0.561. The number of hydrogen-bond donors (Lipinski definition) is 2. The number of anilines is 2. The van der Waals surface area contributed by atoms with Gasteiger partial charge in [-0.3, -0.25) is 0 Å². The molecule has 0 fully saturated rings. The first-order valence-electron chi connectivity index (χ1n) is 7.52. The van der Waals surface area contributed by atoms with Gasteiger partial charge in [0.15, 0.2) is 11.4 Å². The van der Waals surface area contributed by atoms with Gasteiger partial charge in [0.1, 0.15) is 5.76 Å². The molecule has 120 valence electrons. The molecule has 0 aliphatic heterocycles. The third-order valence-electron chi connectivity index (χ3n) is 3.86. The summed E-state index contributed by atoms with van der Waals surface area (Å²) >= 11 is 0. The Balaban J connectivity index is 1.85. The van der Waals surface area contributed by atoms with Crippen molar-refractivity contribution in [3.05, 3.63) is 59.5 Å². The molecule has 3 heterocycles. The van der Waals surface area contributed by atoms with Crippen molar-refractivity contribution in [2.24, 2.45) is 0 Å². The van der Waals surface area contributed by atoms with E-state index >= 15 is 0 Å². The van der Waals surface area contributed by atoms with Gasteiger partial charge < -0.3 is 15.9 Å². The number of rotatable bonds is 3. The maximum Gasteiger partial charge on any atom is 0.224 e. The van der Waals surface area contributed by atoms with E-state index in [0.717, 1.165) is 22.6 Å². The number of benzene rings is 1. The SMILES string of the molecule is Cc1ccc(-c2nc(N)nc3c(Cc4ccccc4N)cnn23)o1. The monoisotopic (exact) mass is 320 g/mol. The van der Waals surface area contributed by atoms with Gasteiger partial charge in [0.25, 0.3) is 0 Å². The standard InChI is InChI=1S/C17H16N6O/c1-10-6-7-14(24-10)16-22-17(19)21-15-12(9-20-23(15)16)8-11-4-2-3-5-13(11)18/h2-7,9H,8,18H2,1H3,(H2,19,21). The lowest BCUT2D eigenvalue weighted by Crippen LogP contribution is -2.05. The summed E-state index contributed by atoms with van der Waals surface area (Å²) in [5.41, 5.74) is 15.2. The topological polar surface area (TPSA) is 108 Å². The molecule has 0 aliphatic carbocycles. The minimum absolute atomic E-state index is 0.175. The summed E-state index contributed by atoms with van der Waals surface area (Å²) < 4.78 is 7.29. The third kappa shape index (κ3) is 2.36. The number of para-hydroxylation sites is 1. The van der Waals surface area contributed by atoms with Crippen LogP contribution in [-0.2, 0) is 6.42 Å². The van der Waals surface area contributed by atoms with Gasteiger partial charge in [-0.2, -0.15) is 19.6 Å². The average Bonchev–Trinajstić information content (AvgIpc) is 3.16. The molecule has 3 aromatic heterocycles. The van der Waals surface area contributed by atoms with Gasteiger partial charge in [-0.25, -0.2) is 0 Å². The number of fused-ring (bicyclic) bond motifs is 1.